The zero-order valence-electron chi connectivity index (χ0n) is 18.5. The first kappa shape index (κ1) is 26.6. The number of ketones is 1. The Morgan fingerprint density at radius 3 is 2.21 bits per heavy atom. The Morgan fingerprint density at radius 1 is 1.06 bits per heavy atom. The van der Waals surface area contributed by atoms with Crippen LogP contribution in [0.4, 0.5) is 26.3 Å². The molecule has 11 heteroatoms. The Morgan fingerprint density at radius 2 is 1.65 bits per heavy atom. The molecule has 1 aliphatic rings. The normalized spacial score (nSPS) is 19.9. The molecule has 0 radical (unpaired) electrons. The van der Waals surface area contributed by atoms with Crippen LogP contribution in [0.2, 0.25) is 0 Å². The van der Waals surface area contributed by atoms with Gasteiger partial charge in [-0.3, -0.25) is 4.79 Å². The van der Waals surface area contributed by atoms with E-state index in [0.29, 0.717) is 37.1 Å². The number of aryl methyl sites for hydroxylation is 1. The third-order valence-electron chi connectivity index (χ3n) is 6.20. The Hall–Kier alpha value is -1.98. The lowest BCUT2D eigenvalue weighted by atomic mass is 9.82. The van der Waals surface area contributed by atoms with Gasteiger partial charge in [-0.25, -0.2) is 4.98 Å². The highest BCUT2D eigenvalue weighted by Crippen LogP contribution is 2.43. The van der Waals surface area contributed by atoms with Crippen molar-refractivity contribution in [3.8, 4) is 11.3 Å². The van der Waals surface area contributed by atoms with Crippen LogP contribution in [0.25, 0.3) is 11.3 Å². The molecule has 1 heterocycles. The smallest absolute Gasteiger partial charge is 0.373 e. The number of halogens is 6. The molecule has 1 fully saturated rings. The van der Waals surface area contributed by atoms with Crippen molar-refractivity contribution in [3.63, 3.8) is 0 Å². The van der Waals surface area contributed by atoms with Crippen LogP contribution >= 0.6 is 11.3 Å². The third-order valence-corrected chi connectivity index (χ3v) is 7.04. The molecule has 0 saturated heterocycles. The van der Waals surface area contributed by atoms with Crippen molar-refractivity contribution in [2.75, 3.05) is 6.54 Å². The Labute approximate surface area is 197 Å². The summed E-state index contributed by atoms with van der Waals surface area (Å²) in [6.45, 7) is 0.338. The molecule has 1 saturated carbocycles. The molecule has 188 valence electrons. The van der Waals surface area contributed by atoms with Crippen LogP contribution in [0.5, 0.6) is 0 Å². The molecule has 4 nitrogen and oxygen atoms in total. The number of nitrogens with zero attached hydrogens (tertiary/aromatic N) is 1. The number of aromatic nitrogens is 1. The van der Waals surface area contributed by atoms with Gasteiger partial charge in [0.25, 0.3) is 5.60 Å². The van der Waals surface area contributed by atoms with Gasteiger partial charge in [0, 0.05) is 30.0 Å². The van der Waals surface area contributed by atoms with E-state index in [2.05, 4.69) is 10.3 Å². The SMILES string of the molecule is Cc1ccc(-c2csc(CC(=O)CC3CCC(NCC(O)(C(F)(F)F)C(F)(F)F)CC3)n2)cc1. The Balaban J connectivity index is 1.45. The summed E-state index contributed by atoms with van der Waals surface area (Å²) in [6, 6.07) is 7.31. The molecule has 0 bridgehead atoms. The average molecular weight is 509 g/mol. The number of carbonyl (C=O) groups is 1. The molecule has 0 atom stereocenters. The van der Waals surface area contributed by atoms with E-state index in [9.17, 15) is 36.2 Å². The molecule has 1 aromatic heterocycles. The first-order valence-corrected chi connectivity index (χ1v) is 11.8. The fourth-order valence-corrected chi connectivity index (χ4v) is 4.87. The van der Waals surface area contributed by atoms with Gasteiger partial charge >= 0.3 is 12.4 Å². The summed E-state index contributed by atoms with van der Waals surface area (Å²) in [6.07, 6.45) is -9.51. The van der Waals surface area contributed by atoms with Crippen molar-refractivity contribution in [3.05, 3.63) is 40.2 Å². The number of Topliss-reactive ketones (excluding diaryl/α,β-unsaturated/α-hetero) is 1. The average Bonchev–Trinajstić information content (AvgIpc) is 3.20. The minimum atomic E-state index is -5.84. The number of alkyl halides is 6. The summed E-state index contributed by atoms with van der Waals surface area (Å²) in [5, 5.41) is 14.1. The summed E-state index contributed by atoms with van der Waals surface area (Å²) in [7, 11) is 0. The highest BCUT2D eigenvalue weighted by atomic mass is 32.1. The maximum absolute atomic E-state index is 12.8. The zero-order valence-corrected chi connectivity index (χ0v) is 19.3. The molecule has 0 amide bonds. The first-order chi connectivity index (χ1) is 15.8. The van der Waals surface area contributed by atoms with E-state index < -0.39 is 30.5 Å². The number of hydrogen-bond acceptors (Lipinski definition) is 5. The second-order valence-electron chi connectivity index (χ2n) is 8.87. The number of aliphatic hydroxyl groups is 1. The number of benzene rings is 1. The van der Waals surface area contributed by atoms with Crippen molar-refractivity contribution in [1.29, 1.82) is 0 Å². The predicted octanol–water partition coefficient (Wildman–Crippen LogP) is 5.62. The van der Waals surface area contributed by atoms with E-state index in [1.807, 2.05) is 36.6 Å². The third kappa shape index (κ3) is 6.37. The Kier molecular flexibility index (Phi) is 8.09. The minimum Gasteiger partial charge on any atom is -0.373 e. The van der Waals surface area contributed by atoms with Crippen molar-refractivity contribution >= 4 is 17.1 Å². The topological polar surface area (TPSA) is 62.2 Å². The Bertz CT molecular complexity index is 949. The summed E-state index contributed by atoms with van der Waals surface area (Å²) in [5.41, 5.74) is -1.89. The van der Waals surface area contributed by atoms with Gasteiger partial charge in [0.05, 0.1) is 12.1 Å². The molecule has 0 spiro atoms. The number of hydrogen-bond donors (Lipinski definition) is 2. The van der Waals surface area contributed by atoms with Crippen LogP contribution in [-0.4, -0.2) is 46.4 Å². The van der Waals surface area contributed by atoms with Crippen LogP contribution in [0.1, 0.15) is 42.7 Å². The molecule has 0 unspecified atom stereocenters. The van der Waals surface area contributed by atoms with E-state index in [4.69, 9.17) is 0 Å². The van der Waals surface area contributed by atoms with Crippen molar-refractivity contribution in [1.82, 2.24) is 10.3 Å². The van der Waals surface area contributed by atoms with E-state index in [-0.39, 0.29) is 18.1 Å². The molecule has 1 aliphatic carbocycles. The van der Waals surface area contributed by atoms with Gasteiger partial charge in [-0.15, -0.1) is 11.3 Å². The van der Waals surface area contributed by atoms with Gasteiger partial charge in [0.1, 0.15) is 10.8 Å². The van der Waals surface area contributed by atoms with E-state index in [0.717, 1.165) is 16.8 Å². The maximum Gasteiger partial charge on any atom is 0.427 e. The molecule has 0 aliphatic heterocycles. The highest BCUT2D eigenvalue weighted by molar-refractivity contribution is 7.10. The number of rotatable bonds is 8. The summed E-state index contributed by atoms with van der Waals surface area (Å²) >= 11 is 1.40. The van der Waals surface area contributed by atoms with Crippen LogP contribution in [-0.2, 0) is 11.2 Å². The lowest BCUT2D eigenvalue weighted by Crippen LogP contribution is -2.63. The minimum absolute atomic E-state index is 0.00438. The second kappa shape index (κ2) is 10.3. The van der Waals surface area contributed by atoms with Crippen LogP contribution < -0.4 is 5.32 Å². The van der Waals surface area contributed by atoms with Crippen molar-refractivity contribution < 1.29 is 36.2 Å². The van der Waals surface area contributed by atoms with Crippen LogP contribution in [0, 0.1) is 12.8 Å². The van der Waals surface area contributed by atoms with Gasteiger partial charge in [-0.1, -0.05) is 29.8 Å². The summed E-state index contributed by atoms with van der Waals surface area (Å²) in [4.78, 5) is 17.0. The quantitative estimate of drug-likeness (QED) is 0.454. The van der Waals surface area contributed by atoms with Gasteiger partial charge in [0.15, 0.2) is 0 Å². The van der Waals surface area contributed by atoms with E-state index in [1.54, 1.807) is 0 Å². The van der Waals surface area contributed by atoms with Crippen molar-refractivity contribution in [2.45, 2.75) is 69.4 Å². The summed E-state index contributed by atoms with van der Waals surface area (Å²) in [5.74, 6) is 0.0240. The molecule has 34 heavy (non-hydrogen) atoms. The van der Waals surface area contributed by atoms with Gasteiger partial charge in [-0.05, 0) is 38.5 Å². The molecule has 2 aromatic rings. The van der Waals surface area contributed by atoms with E-state index >= 15 is 0 Å². The van der Waals surface area contributed by atoms with Crippen LogP contribution in [0.3, 0.4) is 0 Å². The molecular weight excluding hydrogens is 482 g/mol. The molecule has 1 aromatic carbocycles. The monoisotopic (exact) mass is 508 g/mol. The van der Waals surface area contributed by atoms with Gasteiger partial charge < -0.3 is 10.4 Å². The maximum atomic E-state index is 12.8. The van der Waals surface area contributed by atoms with Gasteiger partial charge in [0.2, 0.25) is 0 Å². The molecule has 3 rings (SSSR count). The fourth-order valence-electron chi connectivity index (χ4n) is 4.04. The number of thiazole rings is 1. The number of carbonyl (C=O) groups excluding carboxylic acids is 1. The van der Waals surface area contributed by atoms with Gasteiger partial charge in [-0.2, -0.15) is 26.3 Å². The fraction of sp³-hybridized carbons (Fsp3) is 0.565. The second-order valence-corrected chi connectivity index (χ2v) is 9.81. The zero-order chi connectivity index (χ0) is 25.1. The molecular formula is C23H26F6N2O2S. The standard InChI is InChI=1S/C23H26F6N2O2S/c1-14-2-6-16(7-3-14)19-12-34-20(31-19)11-18(32)10-15-4-8-17(9-5-15)30-13-21(33,22(24,25)26)23(27,28)29/h2-3,6-7,12,15,17,30,33H,4-5,8-11,13H2,1H3. The lowest BCUT2D eigenvalue weighted by molar-refractivity contribution is -0.365. The highest BCUT2D eigenvalue weighted by Gasteiger charge is 2.70. The van der Waals surface area contributed by atoms with Crippen molar-refractivity contribution in [2.24, 2.45) is 5.92 Å². The van der Waals surface area contributed by atoms with Crippen LogP contribution in [0.15, 0.2) is 29.6 Å². The first-order valence-electron chi connectivity index (χ1n) is 10.9. The largest absolute Gasteiger partial charge is 0.427 e. The predicted molar refractivity (Wildman–Crippen MR) is 116 cm³/mol. The van der Waals surface area contributed by atoms with E-state index in [1.165, 1.54) is 11.3 Å². The lowest BCUT2D eigenvalue weighted by Gasteiger charge is -2.35. The summed E-state index contributed by atoms with van der Waals surface area (Å²) < 4.78 is 76.8. The molecule has 2 N–H and O–H groups in total. The number of nitrogens with one attached hydrogen (secondary N) is 1.